The second-order valence-corrected chi connectivity index (χ2v) is 4.96. The van der Waals surface area contributed by atoms with E-state index >= 15 is 0 Å². The van der Waals surface area contributed by atoms with Crippen LogP contribution in [-0.4, -0.2) is 10.1 Å². The quantitative estimate of drug-likeness (QED) is 0.766. The van der Waals surface area contributed by atoms with Gasteiger partial charge < -0.3 is 9.84 Å². The van der Waals surface area contributed by atoms with E-state index in [1.807, 2.05) is 61.5 Å². The predicted octanol–water partition coefficient (Wildman–Crippen LogP) is 4.47. The zero-order chi connectivity index (χ0) is 14.7. The van der Waals surface area contributed by atoms with Gasteiger partial charge in [-0.1, -0.05) is 37.3 Å². The first-order valence-electron chi connectivity index (χ1n) is 7.07. The maximum Gasteiger partial charge on any atom is 0.146 e. The number of benzene rings is 2. The third-order valence-electron chi connectivity index (χ3n) is 3.45. The van der Waals surface area contributed by atoms with E-state index in [0.29, 0.717) is 12.2 Å². The molecule has 0 aliphatic heterocycles. The van der Waals surface area contributed by atoms with Crippen LogP contribution >= 0.6 is 0 Å². The van der Waals surface area contributed by atoms with Crippen LogP contribution in [0.1, 0.15) is 25.0 Å². The molecule has 0 radical (unpaired) electrons. The topological polar surface area (TPSA) is 42.4 Å². The molecule has 1 aromatic heterocycles. The number of fused-ring (bicyclic) bond motifs is 1. The maximum absolute atomic E-state index is 9.78. The lowest BCUT2D eigenvalue weighted by Gasteiger charge is -2.10. The van der Waals surface area contributed by atoms with Crippen LogP contribution < -0.4 is 4.74 Å². The van der Waals surface area contributed by atoms with Crippen LogP contribution in [0.15, 0.2) is 60.8 Å². The van der Waals surface area contributed by atoms with E-state index in [-0.39, 0.29) is 0 Å². The molecule has 106 valence electrons. The highest BCUT2D eigenvalue weighted by atomic mass is 16.5. The summed E-state index contributed by atoms with van der Waals surface area (Å²) in [6.07, 6.45) is 2.01. The van der Waals surface area contributed by atoms with Crippen LogP contribution in [-0.2, 0) is 0 Å². The van der Waals surface area contributed by atoms with Gasteiger partial charge in [-0.05, 0) is 36.2 Å². The van der Waals surface area contributed by atoms with E-state index < -0.39 is 6.10 Å². The van der Waals surface area contributed by atoms with Gasteiger partial charge in [0, 0.05) is 5.39 Å². The summed E-state index contributed by atoms with van der Waals surface area (Å²) in [5, 5.41) is 10.8. The molecule has 3 aromatic rings. The summed E-state index contributed by atoms with van der Waals surface area (Å²) in [6, 6.07) is 17.4. The van der Waals surface area contributed by atoms with Crippen LogP contribution in [0, 0.1) is 0 Å². The highest BCUT2D eigenvalue weighted by Gasteiger charge is 2.05. The summed E-state index contributed by atoms with van der Waals surface area (Å²) < 4.78 is 5.81. The molecule has 3 heteroatoms. The third-order valence-corrected chi connectivity index (χ3v) is 3.45. The Morgan fingerprint density at radius 1 is 1.05 bits per heavy atom. The monoisotopic (exact) mass is 279 g/mol. The second kappa shape index (κ2) is 5.94. The second-order valence-electron chi connectivity index (χ2n) is 4.96. The molecule has 0 amide bonds. The molecule has 1 heterocycles. The van der Waals surface area contributed by atoms with Crippen molar-refractivity contribution in [3.8, 4) is 11.5 Å². The van der Waals surface area contributed by atoms with Crippen molar-refractivity contribution in [1.82, 2.24) is 4.98 Å². The fourth-order valence-corrected chi connectivity index (χ4v) is 2.24. The number of aromatic nitrogens is 1. The van der Waals surface area contributed by atoms with E-state index in [9.17, 15) is 5.11 Å². The van der Waals surface area contributed by atoms with Crippen molar-refractivity contribution in [1.29, 1.82) is 0 Å². The first kappa shape index (κ1) is 13.6. The van der Waals surface area contributed by atoms with Crippen molar-refractivity contribution >= 4 is 10.9 Å². The van der Waals surface area contributed by atoms with Gasteiger partial charge in [-0.15, -0.1) is 0 Å². The molecule has 1 unspecified atom stereocenters. The minimum absolute atomic E-state index is 0.415. The van der Waals surface area contributed by atoms with E-state index in [2.05, 4.69) is 4.98 Å². The Morgan fingerprint density at radius 3 is 2.57 bits per heavy atom. The first-order chi connectivity index (χ1) is 10.3. The Hall–Kier alpha value is -2.39. The highest BCUT2D eigenvalue weighted by molar-refractivity contribution is 5.79. The number of nitrogens with zero attached hydrogens (tertiary/aromatic N) is 1. The Labute approximate surface area is 123 Å². The predicted molar refractivity (Wildman–Crippen MR) is 83.5 cm³/mol. The molecule has 0 saturated heterocycles. The third kappa shape index (κ3) is 3.03. The molecule has 3 nitrogen and oxygen atoms in total. The van der Waals surface area contributed by atoms with Crippen LogP contribution in [0.5, 0.6) is 11.5 Å². The highest BCUT2D eigenvalue weighted by Crippen LogP contribution is 2.26. The number of hydrogen-bond acceptors (Lipinski definition) is 3. The molecule has 0 spiro atoms. The van der Waals surface area contributed by atoms with E-state index in [4.69, 9.17) is 4.74 Å². The fourth-order valence-electron chi connectivity index (χ4n) is 2.24. The van der Waals surface area contributed by atoms with Crippen LogP contribution in [0.2, 0.25) is 0 Å². The Morgan fingerprint density at radius 2 is 1.81 bits per heavy atom. The number of aliphatic hydroxyl groups is 1. The SMILES string of the molecule is CCC(O)c1ccc(Oc2cnc3ccccc3c2)cc1. The minimum atomic E-state index is -0.415. The van der Waals surface area contributed by atoms with Crippen LogP contribution in [0.25, 0.3) is 10.9 Å². The molecule has 1 atom stereocenters. The Balaban J connectivity index is 1.81. The summed E-state index contributed by atoms with van der Waals surface area (Å²) >= 11 is 0. The molecule has 0 bridgehead atoms. The Kier molecular flexibility index (Phi) is 3.84. The average Bonchev–Trinajstić information content (AvgIpc) is 2.55. The normalized spacial score (nSPS) is 12.3. The maximum atomic E-state index is 9.78. The number of hydrogen-bond donors (Lipinski definition) is 1. The van der Waals surface area contributed by atoms with Gasteiger partial charge in [0.05, 0.1) is 17.8 Å². The lowest BCUT2D eigenvalue weighted by molar-refractivity contribution is 0.173. The van der Waals surface area contributed by atoms with Crippen LogP contribution in [0.4, 0.5) is 0 Å². The molecule has 0 fully saturated rings. The van der Waals surface area contributed by atoms with Gasteiger partial charge in [0.1, 0.15) is 11.5 Å². The molecule has 3 rings (SSSR count). The van der Waals surface area contributed by atoms with Gasteiger partial charge in [-0.25, -0.2) is 0 Å². The summed E-state index contributed by atoms with van der Waals surface area (Å²) in [4.78, 5) is 4.37. The van der Waals surface area contributed by atoms with Crippen molar-refractivity contribution in [3.05, 3.63) is 66.4 Å². The van der Waals surface area contributed by atoms with Crippen molar-refractivity contribution in [2.75, 3.05) is 0 Å². The Bertz CT molecular complexity index is 738. The smallest absolute Gasteiger partial charge is 0.146 e. The summed E-state index contributed by atoms with van der Waals surface area (Å²) in [6.45, 7) is 1.95. The molecular weight excluding hydrogens is 262 g/mol. The summed E-state index contributed by atoms with van der Waals surface area (Å²) in [5.74, 6) is 1.44. The standard InChI is InChI=1S/C18H17NO2/c1-2-18(20)13-7-9-15(10-8-13)21-16-11-14-5-3-4-6-17(14)19-12-16/h3-12,18,20H,2H2,1H3. The minimum Gasteiger partial charge on any atom is -0.456 e. The summed E-state index contributed by atoms with van der Waals surface area (Å²) in [7, 11) is 0. The number of pyridine rings is 1. The first-order valence-corrected chi connectivity index (χ1v) is 7.07. The lowest BCUT2D eigenvalue weighted by Crippen LogP contribution is -1.94. The molecule has 21 heavy (non-hydrogen) atoms. The molecule has 2 aromatic carbocycles. The summed E-state index contributed by atoms with van der Waals surface area (Å²) in [5.41, 5.74) is 1.85. The zero-order valence-electron chi connectivity index (χ0n) is 11.9. The molecule has 0 saturated carbocycles. The molecular formula is C18H17NO2. The molecule has 0 aliphatic rings. The van der Waals surface area contributed by atoms with E-state index in [0.717, 1.165) is 22.2 Å². The van der Waals surface area contributed by atoms with Gasteiger partial charge in [-0.2, -0.15) is 0 Å². The zero-order valence-corrected chi connectivity index (χ0v) is 11.9. The van der Waals surface area contributed by atoms with Crippen molar-refractivity contribution in [3.63, 3.8) is 0 Å². The number of rotatable bonds is 4. The van der Waals surface area contributed by atoms with Gasteiger partial charge in [0.15, 0.2) is 0 Å². The van der Waals surface area contributed by atoms with E-state index in [1.165, 1.54) is 0 Å². The number of para-hydroxylation sites is 1. The van der Waals surface area contributed by atoms with E-state index in [1.54, 1.807) is 6.20 Å². The van der Waals surface area contributed by atoms with Crippen LogP contribution in [0.3, 0.4) is 0 Å². The number of ether oxygens (including phenoxy) is 1. The van der Waals surface area contributed by atoms with Crippen molar-refractivity contribution < 1.29 is 9.84 Å². The van der Waals surface area contributed by atoms with Gasteiger partial charge in [0.2, 0.25) is 0 Å². The van der Waals surface area contributed by atoms with Crippen molar-refractivity contribution in [2.45, 2.75) is 19.4 Å². The largest absolute Gasteiger partial charge is 0.456 e. The van der Waals surface area contributed by atoms with Gasteiger partial charge in [0.25, 0.3) is 0 Å². The van der Waals surface area contributed by atoms with Crippen molar-refractivity contribution in [2.24, 2.45) is 0 Å². The van der Waals surface area contributed by atoms with Gasteiger partial charge in [-0.3, -0.25) is 4.98 Å². The lowest BCUT2D eigenvalue weighted by atomic mass is 10.1. The fraction of sp³-hybridized carbons (Fsp3) is 0.167. The molecule has 1 N–H and O–H groups in total. The average molecular weight is 279 g/mol. The molecule has 0 aliphatic carbocycles. The number of aliphatic hydroxyl groups excluding tert-OH is 1. The van der Waals surface area contributed by atoms with Gasteiger partial charge >= 0.3 is 0 Å².